The van der Waals surface area contributed by atoms with Gasteiger partial charge in [-0.05, 0) is 7.05 Å². The number of rotatable bonds is 0. The van der Waals surface area contributed by atoms with Gasteiger partial charge in [0.1, 0.15) is 0 Å². The van der Waals surface area contributed by atoms with Crippen LogP contribution in [-0.4, -0.2) is 35.8 Å². The molecule has 0 aromatic heterocycles. The summed E-state index contributed by atoms with van der Waals surface area (Å²) in [4.78, 5) is 2.21. The Balaban J connectivity index is 2.34. The van der Waals surface area contributed by atoms with Crippen LogP contribution in [0, 0.1) is 0 Å². The third kappa shape index (κ3) is 2.37. The Bertz CT molecular complexity index is 73.9. The van der Waals surface area contributed by atoms with E-state index in [0.29, 0.717) is 0 Å². The monoisotopic (exact) mass is 164 g/mol. The lowest BCUT2D eigenvalue weighted by Crippen LogP contribution is -2.50. The van der Waals surface area contributed by atoms with Gasteiger partial charge in [-0.25, -0.2) is 0 Å². The number of nitrogens with one attached hydrogen (secondary N) is 1. The van der Waals surface area contributed by atoms with Crippen molar-refractivity contribution in [2.75, 3.05) is 20.1 Å². The van der Waals surface area contributed by atoms with Crippen molar-refractivity contribution in [2.24, 2.45) is 0 Å². The summed E-state index contributed by atoms with van der Waals surface area (Å²) in [6.45, 7) is 2.00. The Labute approximate surface area is 66.8 Å². The molecule has 0 aromatic carbocycles. The summed E-state index contributed by atoms with van der Waals surface area (Å²) in [6, 6.07) is 0. The lowest BCUT2D eigenvalue weighted by Gasteiger charge is -2.32. The van der Waals surface area contributed by atoms with Gasteiger partial charge in [0, 0.05) is 13.1 Å². The first-order chi connectivity index (χ1) is 4.18. The predicted octanol–water partition coefficient (Wildman–Crippen LogP) is 0.0332. The van der Waals surface area contributed by atoms with Crippen molar-refractivity contribution < 1.29 is 0 Å². The van der Waals surface area contributed by atoms with Crippen molar-refractivity contribution in [2.45, 2.75) is 10.7 Å². The number of thiol groups is 2. The highest BCUT2D eigenvalue weighted by Gasteiger charge is 2.18. The molecule has 1 aliphatic rings. The molecular formula is C5H12N2S2. The highest BCUT2D eigenvalue weighted by atomic mass is 32.1. The van der Waals surface area contributed by atoms with Gasteiger partial charge in [0.05, 0.1) is 10.7 Å². The zero-order valence-electron chi connectivity index (χ0n) is 5.41. The van der Waals surface area contributed by atoms with Gasteiger partial charge in [0.2, 0.25) is 0 Å². The molecule has 1 fully saturated rings. The fourth-order valence-corrected chi connectivity index (χ4v) is 2.03. The van der Waals surface area contributed by atoms with Gasteiger partial charge in [0.15, 0.2) is 0 Å². The number of likely N-dealkylation sites (N-methyl/N-ethyl adjacent to an activating group) is 1. The second kappa shape index (κ2) is 3.14. The third-order valence-corrected chi connectivity index (χ3v) is 1.98. The van der Waals surface area contributed by atoms with Crippen LogP contribution in [0.4, 0.5) is 0 Å². The second-order valence-corrected chi connectivity index (χ2v) is 3.67. The van der Waals surface area contributed by atoms with Crippen LogP contribution in [0.1, 0.15) is 0 Å². The van der Waals surface area contributed by atoms with Crippen LogP contribution in [0.15, 0.2) is 0 Å². The van der Waals surface area contributed by atoms with Gasteiger partial charge >= 0.3 is 0 Å². The average Bonchev–Trinajstić information content (AvgIpc) is 1.59. The summed E-state index contributed by atoms with van der Waals surface area (Å²) in [7, 11) is 2.08. The van der Waals surface area contributed by atoms with Crippen molar-refractivity contribution in [3.05, 3.63) is 0 Å². The van der Waals surface area contributed by atoms with Crippen LogP contribution >= 0.6 is 25.3 Å². The van der Waals surface area contributed by atoms with Gasteiger partial charge in [-0.15, -0.1) is 0 Å². The van der Waals surface area contributed by atoms with Crippen LogP contribution < -0.4 is 5.32 Å². The molecule has 4 heteroatoms. The summed E-state index contributed by atoms with van der Waals surface area (Å²) < 4.78 is 0. The van der Waals surface area contributed by atoms with Gasteiger partial charge in [-0.3, -0.25) is 5.32 Å². The molecule has 0 amide bonds. The Morgan fingerprint density at radius 2 is 1.78 bits per heavy atom. The number of nitrogens with zero attached hydrogens (tertiary/aromatic N) is 1. The maximum absolute atomic E-state index is 4.28. The Hall–Kier alpha value is 0.620. The summed E-state index contributed by atoms with van der Waals surface area (Å²) in [5, 5.41) is 3.76. The standard InChI is InChI=1S/C5H12N2S2/c1-7-2-4(8)6-5(9)3-7/h4-6,8-9H,2-3H2,1H3. The molecule has 1 N–H and O–H groups in total. The molecule has 0 aromatic rings. The second-order valence-electron chi connectivity index (χ2n) is 2.42. The molecule has 2 nitrogen and oxygen atoms in total. The van der Waals surface area contributed by atoms with Crippen LogP contribution in [-0.2, 0) is 0 Å². The summed E-state index contributed by atoms with van der Waals surface area (Å²) >= 11 is 8.56. The van der Waals surface area contributed by atoms with E-state index < -0.39 is 0 Å². The van der Waals surface area contributed by atoms with Crippen LogP contribution in [0.5, 0.6) is 0 Å². The molecule has 0 spiro atoms. The SMILES string of the molecule is CN1CC(S)NC(S)C1. The van der Waals surface area contributed by atoms with Crippen molar-refractivity contribution in [3.63, 3.8) is 0 Å². The zero-order valence-corrected chi connectivity index (χ0v) is 7.20. The molecule has 1 heterocycles. The molecule has 0 radical (unpaired) electrons. The Kier molecular flexibility index (Phi) is 2.70. The van der Waals surface area contributed by atoms with E-state index in [1.807, 2.05) is 0 Å². The molecule has 0 bridgehead atoms. The van der Waals surface area contributed by atoms with Crippen LogP contribution in [0.25, 0.3) is 0 Å². The van der Waals surface area contributed by atoms with E-state index in [9.17, 15) is 0 Å². The largest absolute Gasteiger partial charge is 0.302 e. The van der Waals surface area contributed by atoms with Crippen molar-refractivity contribution >= 4 is 25.3 Å². The first-order valence-corrected chi connectivity index (χ1v) is 4.02. The molecule has 0 aliphatic carbocycles. The predicted molar refractivity (Wildman–Crippen MR) is 46.2 cm³/mol. The average molecular weight is 164 g/mol. The molecule has 1 saturated heterocycles. The maximum Gasteiger partial charge on any atom is 0.0640 e. The normalized spacial score (nSPS) is 39.0. The fourth-order valence-electron chi connectivity index (χ4n) is 0.992. The van der Waals surface area contributed by atoms with Gasteiger partial charge < -0.3 is 4.90 Å². The summed E-state index contributed by atoms with van der Waals surface area (Å²) in [5.41, 5.74) is 0. The summed E-state index contributed by atoms with van der Waals surface area (Å²) in [5.74, 6) is 0. The smallest absolute Gasteiger partial charge is 0.0640 e. The van der Waals surface area contributed by atoms with E-state index in [4.69, 9.17) is 0 Å². The topological polar surface area (TPSA) is 15.3 Å². The lowest BCUT2D eigenvalue weighted by molar-refractivity contribution is 0.266. The molecule has 0 saturated carbocycles. The molecule has 1 rings (SSSR count). The van der Waals surface area contributed by atoms with E-state index in [1.165, 1.54) is 0 Å². The van der Waals surface area contributed by atoms with Gasteiger partial charge in [0.25, 0.3) is 0 Å². The number of hydrogen-bond donors (Lipinski definition) is 3. The van der Waals surface area contributed by atoms with E-state index in [2.05, 4.69) is 42.5 Å². The van der Waals surface area contributed by atoms with Crippen molar-refractivity contribution in [3.8, 4) is 0 Å². The molecule has 54 valence electrons. The van der Waals surface area contributed by atoms with E-state index in [0.717, 1.165) is 13.1 Å². The first-order valence-electron chi connectivity index (χ1n) is 2.99. The molecule has 2 atom stereocenters. The number of hydrogen-bond acceptors (Lipinski definition) is 4. The zero-order chi connectivity index (χ0) is 6.85. The summed E-state index contributed by atoms with van der Waals surface area (Å²) in [6.07, 6.45) is 0. The quantitative estimate of drug-likeness (QED) is 0.438. The minimum Gasteiger partial charge on any atom is -0.302 e. The first kappa shape index (κ1) is 7.72. The highest BCUT2D eigenvalue weighted by molar-refractivity contribution is 7.81. The van der Waals surface area contributed by atoms with Crippen molar-refractivity contribution in [1.82, 2.24) is 10.2 Å². The third-order valence-electron chi connectivity index (χ3n) is 1.35. The molecule has 1 aliphatic heterocycles. The molecular weight excluding hydrogens is 152 g/mol. The Morgan fingerprint density at radius 1 is 1.33 bits per heavy atom. The van der Waals surface area contributed by atoms with Crippen molar-refractivity contribution in [1.29, 1.82) is 0 Å². The van der Waals surface area contributed by atoms with Gasteiger partial charge in [-0.1, -0.05) is 0 Å². The lowest BCUT2D eigenvalue weighted by atomic mass is 10.4. The maximum atomic E-state index is 4.28. The van der Waals surface area contributed by atoms with E-state index in [1.54, 1.807) is 0 Å². The van der Waals surface area contributed by atoms with E-state index >= 15 is 0 Å². The fraction of sp³-hybridized carbons (Fsp3) is 1.00. The Morgan fingerprint density at radius 3 is 2.11 bits per heavy atom. The number of piperazine rings is 1. The van der Waals surface area contributed by atoms with Crippen LogP contribution in [0.2, 0.25) is 0 Å². The minimum absolute atomic E-state index is 0.284. The van der Waals surface area contributed by atoms with E-state index in [-0.39, 0.29) is 10.7 Å². The highest BCUT2D eigenvalue weighted by Crippen LogP contribution is 2.06. The van der Waals surface area contributed by atoms with Gasteiger partial charge in [-0.2, -0.15) is 25.3 Å². The molecule has 2 unspecified atom stereocenters. The van der Waals surface area contributed by atoms with Crippen LogP contribution in [0.3, 0.4) is 0 Å². The molecule has 9 heavy (non-hydrogen) atoms. The minimum atomic E-state index is 0.284.